The lowest BCUT2D eigenvalue weighted by molar-refractivity contribution is -0.140. The lowest BCUT2D eigenvalue weighted by atomic mass is 10.3. The normalized spacial score (nSPS) is 15.5. The van der Waals surface area contributed by atoms with Crippen LogP contribution in [0.1, 0.15) is 25.7 Å². The standard InChI is InChI=1S/C13H15Cl2NO3/c14-9-5-6-11(15)12(7-9)18-8-13(17)16-19-10-3-1-2-4-10/h5-7,10H,1-4,8H2,(H,16,17). The molecule has 1 amide bonds. The van der Waals surface area contributed by atoms with E-state index in [-0.39, 0.29) is 18.6 Å². The van der Waals surface area contributed by atoms with E-state index >= 15 is 0 Å². The zero-order valence-electron chi connectivity index (χ0n) is 10.3. The summed E-state index contributed by atoms with van der Waals surface area (Å²) in [6.45, 7) is -0.160. The Morgan fingerprint density at radius 2 is 2.05 bits per heavy atom. The largest absolute Gasteiger partial charge is 0.482 e. The summed E-state index contributed by atoms with van der Waals surface area (Å²) in [7, 11) is 0. The molecule has 104 valence electrons. The van der Waals surface area contributed by atoms with Gasteiger partial charge in [-0.25, -0.2) is 5.48 Å². The molecule has 0 spiro atoms. The van der Waals surface area contributed by atoms with Gasteiger partial charge in [0.2, 0.25) is 0 Å². The van der Waals surface area contributed by atoms with Crippen molar-refractivity contribution >= 4 is 29.1 Å². The summed E-state index contributed by atoms with van der Waals surface area (Å²) in [6, 6.07) is 4.83. The minimum Gasteiger partial charge on any atom is -0.482 e. The zero-order chi connectivity index (χ0) is 13.7. The van der Waals surface area contributed by atoms with E-state index < -0.39 is 0 Å². The molecule has 0 heterocycles. The summed E-state index contributed by atoms with van der Waals surface area (Å²) in [4.78, 5) is 16.8. The Bertz CT molecular complexity index is 448. The third-order valence-corrected chi connectivity index (χ3v) is 3.44. The first-order valence-corrected chi connectivity index (χ1v) is 6.93. The van der Waals surface area contributed by atoms with Gasteiger partial charge in [0.05, 0.1) is 11.1 Å². The minimum absolute atomic E-state index is 0.124. The molecule has 0 radical (unpaired) electrons. The van der Waals surface area contributed by atoms with E-state index in [1.165, 1.54) is 0 Å². The van der Waals surface area contributed by atoms with Crippen molar-refractivity contribution in [2.75, 3.05) is 6.61 Å². The third-order valence-electron chi connectivity index (χ3n) is 2.89. The summed E-state index contributed by atoms with van der Waals surface area (Å²) in [5.41, 5.74) is 2.39. The van der Waals surface area contributed by atoms with Crippen molar-refractivity contribution in [3.63, 3.8) is 0 Å². The van der Waals surface area contributed by atoms with Crippen LogP contribution in [0.25, 0.3) is 0 Å². The number of nitrogens with one attached hydrogen (secondary N) is 1. The maximum absolute atomic E-state index is 11.5. The molecular weight excluding hydrogens is 289 g/mol. The van der Waals surface area contributed by atoms with Gasteiger partial charge in [0.1, 0.15) is 5.75 Å². The average Bonchev–Trinajstić information content (AvgIpc) is 2.90. The fourth-order valence-electron chi connectivity index (χ4n) is 1.92. The molecule has 19 heavy (non-hydrogen) atoms. The number of hydrogen-bond donors (Lipinski definition) is 1. The molecule has 1 aromatic carbocycles. The molecule has 1 saturated carbocycles. The van der Waals surface area contributed by atoms with Crippen LogP contribution >= 0.6 is 23.2 Å². The number of hydrogen-bond acceptors (Lipinski definition) is 3. The van der Waals surface area contributed by atoms with Gasteiger partial charge in [-0.3, -0.25) is 9.63 Å². The van der Waals surface area contributed by atoms with Crippen molar-refractivity contribution in [2.45, 2.75) is 31.8 Å². The third kappa shape index (κ3) is 4.56. The second-order valence-corrected chi connectivity index (χ2v) is 5.26. The van der Waals surface area contributed by atoms with Crippen molar-refractivity contribution in [3.8, 4) is 5.75 Å². The van der Waals surface area contributed by atoms with Crippen LogP contribution in [0.4, 0.5) is 0 Å². The molecule has 0 aromatic heterocycles. The topological polar surface area (TPSA) is 47.6 Å². The fraction of sp³-hybridized carbons (Fsp3) is 0.462. The molecule has 0 saturated heterocycles. The first-order valence-electron chi connectivity index (χ1n) is 6.17. The van der Waals surface area contributed by atoms with Gasteiger partial charge in [0, 0.05) is 11.1 Å². The number of carbonyl (C=O) groups excluding carboxylic acids is 1. The molecule has 6 heteroatoms. The lowest BCUT2D eigenvalue weighted by Gasteiger charge is -2.12. The highest BCUT2D eigenvalue weighted by atomic mass is 35.5. The average molecular weight is 304 g/mol. The zero-order valence-corrected chi connectivity index (χ0v) is 11.8. The monoisotopic (exact) mass is 303 g/mol. The van der Waals surface area contributed by atoms with Crippen molar-refractivity contribution in [2.24, 2.45) is 0 Å². The number of carbonyl (C=O) groups is 1. The maximum Gasteiger partial charge on any atom is 0.281 e. The van der Waals surface area contributed by atoms with Gasteiger partial charge in [0.25, 0.3) is 5.91 Å². The fourth-order valence-corrected chi connectivity index (χ4v) is 2.25. The summed E-state index contributed by atoms with van der Waals surface area (Å²) in [5.74, 6) is 0.0353. The van der Waals surface area contributed by atoms with E-state index in [4.69, 9.17) is 32.8 Å². The van der Waals surface area contributed by atoms with Crippen LogP contribution in [0.2, 0.25) is 10.0 Å². The van der Waals surface area contributed by atoms with Crippen LogP contribution in [0, 0.1) is 0 Å². The highest BCUT2D eigenvalue weighted by Crippen LogP contribution is 2.27. The van der Waals surface area contributed by atoms with Crippen LogP contribution < -0.4 is 10.2 Å². The van der Waals surface area contributed by atoms with Crippen molar-refractivity contribution in [1.82, 2.24) is 5.48 Å². The predicted molar refractivity (Wildman–Crippen MR) is 73.4 cm³/mol. The van der Waals surface area contributed by atoms with Gasteiger partial charge in [-0.15, -0.1) is 0 Å². The van der Waals surface area contributed by atoms with E-state index in [9.17, 15) is 4.79 Å². The number of amides is 1. The molecule has 1 aromatic rings. The van der Waals surface area contributed by atoms with Crippen LogP contribution in [-0.4, -0.2) is 18.6 Å². The molecule has 0 unspecified atom stereocenters. The molecule has 4 nitrogen and oxygen atoms in total. The van der Waals surface area contributed by atoms with Crippen LogP contribution in [-0.2, 0) is 9.63 Å². The molecule has 0 aliphatic heterocycles. The van der Waals surface area contributed by atoms with E-state index in [1.807, 2.05) is 0 Å². The van der Waals surface area contributed by atoms with E-state index in [0.717, 1.165) is 25.7 Å². The Hall–Kier alpha value is -0.970. The van der Waals surface area contributed by atoms with Crippen molar-refractivity contribution in [1.29, 1.82) is 0 Å². The van der Waals surface area contributed by atoms with Crippen molar-refractivity contribution < 1.29 is 14.4 Å². The van der Waals surface area contributed by atoms with Gasteiger partial charge in [0.15, 0.2) is 6.61 Å². The molecule has 1 aliphatic carbocycles. The molecule has 1 aliphatic rings. The summed E-state index contributed by atoms with van der Waals surface area (Å²) in [6.07, 6.45) is 4.39. The highest BCUT2D eigenvalue weighted by Gasteiger charge is 2.17. The molecule has 2 rings (SSSR count). The molecule has 1 N–H and O–H groups in total. The number of hydroxylamine groups is 1. The Labute approximate surface area is 121 Å². The van der Waals surface area contributed by atoms with Crippen molar-refractivity contribution in [3.05, 3.63) is 28.2 Å². The molecule has 0 atom stereocenters. The van der Waals surface area contributed by atoms with Gasteiger partial charge < -0.3 is 4.74 Å². The number of benzene rings is 1. The lowest BCUT2D eigenvalue weighted by Crippen LogP contribution is -2.32. The minimum atomic E-state index is -0.344. The second kappa shape index (κ2) is 6.98. The Kier molecular flexibility index (Phi) is 5.31. The first-order chi connectivity index (χ1) is 9.15. The molecule has 1 fully saturated rings. The smallest absolute Gasteiger partial charge is 0.281 e. The maximum atomic E-state index is 11.5. The number of ether oxygens (including phenoxy) is 1. The van der Waals surface area contributed by atoms with E-state index in [0.29, 0.717) is 15.8 Å². The Morgan fingerprint density at radius 3 is 2.79 bits per heavy atom. The first kappa shape index (κ1) is 14.4. The predicted octanol–water partition coefficient (Wildman–Crippen LogP) is 3.36. The van der Waals surface area contributed by atoms with Gasteiger partial charge >= 0.3 is 0 Å². The van der Waals surface area contributed by atoms with Gasteiger partial charge in [-0.2, -0.15) is 0 Å². The summed E-state index contributed by atoms with van der Waals surface area (Å²) in [5, 5.41) is 0.913. The van der Waals surface area contributed by atoms with Crippen LogP contribution in [0.5, 0.6) is 5.75 Å². The van der Waals surface area contributed by atoms with Gasteiger partial charge in [-0.1, -0.05) is 36.0 Å². The molecular formula is C13H15Cl2NO3. The van der Waals surface area contributed by atoms with Crippen LogP contribution in [0.3, 0.4) is 0 Å². The Balaban J connectivity index is 1.74. The quantitative estimate of drug-likeness (QED) is 0.849. The number of rotatable bonds is 5. The summed E-state index contributed by atoms with van der Waals surface area (Å²) < 4.78 is 5.29. The number of halogens is 2. The van der Waals surface area contributed by atoms with E-state index in [2.05, 4.69) is 5.48 Å². The van der Waals surface area contributed by atoms with Crippen LogP contribution in [0.15, 0.2) is 18.2 Å². The Morgan fingerprint density at radius 1 is 1.32 bits per heavy atom. The van der Waals surface area contributed by atoms with E-state index in [1.54, 1.807) is 18.2 Å². The summed E-state index contributed by atoms with van der Waals surface area (Å²) >= 11 is 11.7. The second-order valence-electron chi connectivity index (χ2n) is 4.41. The van der Waals surface area contributed by atoms with Gasteiger partial charge in [-0.05, 0) is 25.0 Å². The SMILES string of the molecule is O=C(COc1cc(Cl)ccc1Cl)NOC1CCCC1. The highest BCUT2D eigenvalue weighted by molar-refractivity contribution is 6.34. The molecule has 0 bridgehead atoms.